The predicted molar refractivity (Wildman–Crippen MR) is 33.4 cm³/mol. The van der Waals surface area contributed by atoms with Gasteiger partial charge in [-0.3, -0.25) is 0 Å². The molecule has 0 aromatic heterocycles. The maximum Gasteiger partial charge on any atom is 0.113 e. The van der Waals surface area contributed by atoms with E-state index in [2.05, 4.69) is 6.08 Å². The van der Waals surface area contributed by atoms with Crippen LogP contribution in [0.4, 0.5) is 0 Å². The molecule has 1 rings (SSSR count). The lowest BCUT2D eigenvalue weighted by molar-refractivity contribution is 0.198. The van der Waals surface area contributed by atoms with Crippen LogP contribution in [0.1, 0.15) is 13.8 Å². The smallest absolute Gasteiger partial charge is 0.113 e. The molecule has 0 spiro atoms. The van der Waals surface area contributed by atoms with Gasteiger partial charge in [0, 0.05) is 0 Å². The Morgan fingerprint density at radius 2 is 2.38 bits per heavy atom. The predicted octanol–water partition coefficient (Wildman–Crippen LogP) is 1.87. The normalized spacial score (nSPS) is 26.8. The summed E-state index contributed by atoms with van der Waals surface area (Å²) in [4.78, 5) is 0. The number of hydrogen-bond acceptors (Lipinski definition) is 1. The van der Waals surface area contributed by atoms with Crippen molar-refractivity contribution in [3.8, 4) is 0 Å². The van der Waals surface area contributed by atoms with Crippen LogP contribution in [0.3, 0.4) is 0 Å². The SMILES string of the molecule is CC1=CO[C@@H](C)C=C1. The van der Waals surface area contributed by atoms with E-state index in [0.29, 0.717) is 0 Å². The molecule has 0 aliphatic carbocycles. The summed E-state index contributed by atoms with van der Waals surface area (Å²) >= 11 is 0. The molecule has 0 saturated carbocycles. The Balaban J connectivity index is 2.58. The van der Waals surface area contributed by atoms with Crippen molar-refractivity contribution < 1.29 is 4.74 Å². The summed E-state index contributed by atoms with van der Waals surface area (Å²) in [6.07, 6.45) is 6.15. The van der Waals surface area contributed by atoms with Gasteiger partial charge in [0.05, 0.1) is 6.26 Å². The molecule has 0 aromatic carbocycles. The van der Waals surface area contributed by atoms with Crippen LogP contribution < -0.4 is 0 Å². The molecule has 44 valence electrons. The maximum absolute atomic E-state index is 5.14. The fourth-order valence-electron chi connectivity index (χ4n) is 0.587. The zero-order valence-electron chi connectivity index (χ0n) is 5.22. The standard InChI is InChI=1S/C7H10O/c1-6-3-4-7(2)8-5-6/h3-5,7H,1-2H3/t7-/m0/s1. The van der Waals surface area contributed by atoms with Crippen LogP contribution in [-0.2, 0) is 4.74 Å². The van der Waals surface area contributed by atoms with E-state index >= 15 is 0 Å². The average molecular weight is 110 g/mol. The fourth-order valence-corrected chi connectivity index (χ4v) is 0.587. The van der Waals surface area contributed by atoms with Crippen LogP contribution in [0.5, 0.6) is 0 Å². The fraction of sp³-hybridized carbons (Fsp3) is 0.429. The molecule has 1 aliphatic heterocycles. The molecular formula is C7H10O. The second-order valence-corrected chi connectivity index (χ2v) is 2.06. The molecule has 0 N–H and O–H groups in total. The van der Waals surface area contributed by atoms with Crippen LogP contribution in [0.15, 0.2) is 24.0 Å². The van der Waals surface area contributed by atoms with E-state index in [-0.39, 0.29) is 6.10 Å². The monoisotopic (exact) mass is 110 g/mol. The van der Waals surface area contributed by atoms with Crippen molar-refractivity contribution in [2.45, 2.75) is 20.0 Å². The zero-order chi connectivity index (χ0) is 5.98. The Bertz CT molecular complexity index is 133. The molecule has 1 aliphatic rings. The van der Waals surface area contributed by atoms with Gasteiger partial charge in [-0.1, -0.05) is 6.08 Å². The molecule has 1 atom stereocenters. The molecule has 1 heteroatoms. The van der Waals surface area contributed by atoms with E-state index in [9.17, 15) is 0 Å². The molecule has 8 heavy (non-hydrogen) atoms. The first-order valence-corrected chi connectivity index (χ1v) is 2.79. The van der Waals surface area contributed by atoms with E-state index in [1.807, 2.05) is 19.9 Å². The second kappa shape index (κ2) is 2.03. The first-order valence-electron chi connectivity index (χ1n) is 2.79. The minimum atomic E-state index is 0.263. The highest BCUT2D eigenvalue weighted by atomic mass is 16.5. The van der Waals surface area contributed by atoms with Gasteiger partial charge in [0.25, 0.3) is 0 Å². The first kappa shape index (κ1) is 5.42. The van der Waals surface area contributed by atoms with E-state index < -0.39 is 0 Å². The zero-order valence-corrected chi connectivity index (χ0v) is 5.22. The van der Waals surface area contributed by atoms with Gasteiger partial charge in [0.2, 0.25) is 0 Å². The van der Waals surface area contributed by atoms with Gasteiger partial charge in [-0.05, 0) is 25.5 Å². The molecule has 1 heterocycles. The molecule has 0 unspecified atom stereocenters. The van der Waals surface area contributed by atoms with E-state index in [1.54, 1.807) is 6.26 Å². The Morgan fingerprint density at radius 1 is 1.62 bits per heavy atom. The lowest BCUT2D eigenvalue weighted by Crippen LogP contribution is -2.02. The third-order valence-corrected chi connectivity index (χ3v) is 1.10. The molecule has 0 amide bonds. The minimum Gasteiger partial charge on any atom is -0.494 e. The summed E-state index contributed by atoms with van der Waals surface area (Å²) < 4.78 is 5.14. The number of allylic oxidation sites excluding steroid dienone is 2. The summed E-state index contributed by atoms with van der Waals surface area (Å²) in [6.45, 7) is 4.03. The number of hydrogen-bond donors (Lipinski definition) is 0. The average Bonchev–Trinajstić information content (AvgIpc) is 1.77. The summed E-state index contributed by atoms with van der Waals surface area (Å²) in [7, 11) is 0. The van der Waals surface area contributed by atoms with Gasteiger partial charge >= 0.3 is 0 Å². The molecule has 1 nitrogen and oxygen atoms in total. The van der Waals surface area contributed by atoms with Gasteiger partial charge in [-0.2, -0.15) is 0 Å². The van der Waals surface area contributed by atoms with Crippen LogP contribution in [0.25, 0.3) is 0 Å². The van der Waals surface area contributed by atoms with Crippen molar-refractivity contribution in [2.75, 3.05) is 0 Å². The minimum absolute atomic E-state index is 0.263. The Labute approximate surface area is 49.7 Å². The van der Waals surface area contributed by atoms with Crippen molar-refractivity contribution in [3.63, 3.8) is 0 Å². The highest BCUT2D eigenvalue weighted by Gasteiger charge is 1.97. The summed E-state index contributed by atoms with van der Waals surface area (Å²) in [5.41, 5.74) is 1.18. The summed E-state index contributed by atoms with van der Waals surface area (Å²) in [6, 6.07) is 0. The maximum atomic E-state index is 5.14. The topological polar surface area (TPSA) is 9.23 Å². The largest absolute Gasteiger partial charge is 0.494 e. The lowest BCUT2D eigenvalue weighted by atomic mass is 10.2. The van der Waals surface area contributed by atoms with Gasteiger partial charge < -0.3 is 4.74 Å². The highest BCUT2D eigenvalue weighted by Crippen LogP contribution is 2.06. The van der Waals surface area contributed by atoms with Crippen molar-refractivity contribution in [1.82, 2.24) is 0 Å². The Morgan fingerprint density at radius 3 is 2.75 bits per heavy atom. The molecule has 0 radical (unpaired) electrons. The highest BCUT2D eigenvalue weighted by molar-refractivity contribution is 5.17. The number of ether oxygens (including phenoxy) is 1. The second-order valence-electron chi connectivity index (χ2n) is 2.06. The third kappa shape index (κ3) is 1.12. The van der Waals surface area contributed by atoms with Crippen LogP contribution in [0.2, 0.25) is 0 Å². The van der Waals surface area contributed by atoms with E-state index in [4.69, 9.17) is 4.74 Å². The van der Waals surface area contributed by atoms with Crippen molar-refractivity contribution in [1.29, 1.82) is 0 Å². The van der Waals surface area contributed by atoms with Gasteiger partial charge in [0.15, 0.2) is 0 Å². The van der Waals surface area contributed by atoms with Crippen molar-refractivity contribution >= 4 is 0 Å². The number of rotatable bonds is 0. The molecule has 0 fully saturated rings. The van der Waals surface area contributed by atoms with E-state index in [1.165, 1.54) is 5.57 Å². The summed E-state index contributed by atoms with van der Waals surface area (Å²) in [5.74, 6) is 0. The van der Waals surface area contributed by atoms with Gasteiger partial charge in [-0.25, -0.2) is 0 Å². The summed E-state index contributed by atoms with van der Waals surface area (Å²) in [5, 5.41) is 0. The Hall–Kier alpha value is -0.720. The molecule has 0 aromatic rings. The first-order chi connectivity index (χ1) is 3.79. The molecule has 0 bridgehead atoms. The lowest BCUT2D eigenvalue weighted by Gasteiger charge is -2.10. The van der Waals surface area contributed by atoms with Gasteiger partial charge in [-0.15, -0.1) is 0 Å². The van der Waals surface area contributed by atoms with Crippen LogP contribution >= 0.6 is 0 Å². The van der Waals surface area contributed by atoms with Crippen molar-refractivity contribution in [3.05, 3.63) is 24.0 Å². The van der Waals surface area contributed by atoms with E-state index in [0.717, 1.165) is 0 Å². The third-order valence-electron chi connectivity index (χ3n) is 1.10. The van der Waals surface area contributed by atoms with Crippen molar-refractivity contribution in [2.24, 2.45) is 0 Å². The molecular weight excluding hydrogens is 100 g/mol. The van der Waals surface area contributed by atoms with Crippen LogP contribution in [0, 0.1) is 0 Å². The van der Waals surface area contributed by atoms with Gasteiger partial charge in [0.1, 0.15) is 6.10 Å². The Kier molecular flexibility index (Phi) is 1.38. The molecule has 0 saturated heterocycles. The van der Waals surface area contributed by atoms with Crippen LogP contribution in [-0.4, -0.2) is 6.10 Å². The quantitative estimate of drug-likeness (QED) is 0.462.